The monoisotopic (exact) mass is 535 g/mol. The number of alkyl halides is 3. The van der Waals surface area contributed by atoms with Crippen molar-refractivity contribution >= 4 is 17.0 Å². The zero-order chi connectivity index (χ0) is 27.4. The summed E-state index contributed by atoms with van der Waals surface area (Å²) in [5.74, 6) is -0.339. The third-order valence-corrected chi connectivity index (χ3v) is 7.20. The first-order valence-electron chi connectivity index (χ1n) is 12.7. The second-order valence-corrected chi connectivity index (χ2v) is 9.92. The van der Waals surface area contributed by atoms with E-state index in [0.29, 0.717) is 41.5 Å². The number of piperidine rings is 1. The number of likely N-dealkylation sites (tertiary alicyclic amines) is 1. The number of benzene rings is 1. The van der Waals surface area contributed by atoms with Gasteiger partial charge in [-0.3, -0.25) is 9.78 Å². The van der Waals surface area contributed by atoms with E-state index in [-0.39, 0.29) is 42.1 Å². The fourth-order valence-corrected chi connectivity index (χ4v) is 5.15. The number of fused-ring (bicyclic) bond motifs is 1. The lowest BCUT2D eigenvalue weighted by molar-refractivity contribution is -0.0687. The number of hydrogen-bond donors (Lipinski definition) is 1. The molecule has 2 heterocycles. The number of pyridine rings is 1. The van der Waals surface area contributed by atoms with Crippen molar-refractivity contribution < 1.29 is 31.8 Å². The number of methoxy groups -OCH3 is 2. The van der Waals surface area contributed by atoms with Crippen molar-refractivity contribution in [3.8, 4) is 5.75 Å². The van der Waals surface area contributed by atoms with Gasteiger partial charge in [-0.2, -0.15) is 13.2 Å². The number of carbonyl (C=O) groups is 1. The van der Waals surface area contributed by atoms with Gasteiger partial charge in [-0.25, -0.2) is 4.39 Å². The summed E-state index contributed by atoms with van der Waals surface area (Å²) in [7, 11) is 4.99. The van der Waals surface area contributed by atoms with Gasteiger partial charge in [0.25, 0.3) is 0 Å². The number of carbonyl (C=O) groups excluding carboxylic acids is 1. The minimum atomic E-state index is -4.51. The molecule has 0 radical (unpaired) electrons. The number of rotatable bonds is 10. The molecular formula is C28H33F4N3O3. The maximum Gasteiger partial charge on any atom is 0.416 e. The minimum absolute atomic E-state index is 0.00705. The molecule has 1 saturated heterocycles. The summed E-state index contributed by atoms with van der Waals surface area (Å²) >= 11 is 0. The molecular weight excluding hydrogens is 502 g/mol. The van der Waals surface area contributed by atoms with Crippen LogP contribution in [0.3, 0.4) is 0 Å². The van der Waals surface area contributed by atoms with Gasteiger partial charge in [-0.05, 0) is 57.1 Å². The van der Waals surface area contributed by atoms with Crippen molar-refractivity contribution in [2.24, 2.45) is 5.92 Å². The highest BCUT2D eigenvalue weighted by Gasteiger charge is 2.40. The molecule has 1 aliphatic heterocycles. The van der Waals surface area contributed by atoms with Crippen LogP contribution in [0.25, 0.3) is 5.57 Å². The highest BCUT2D eigenvalue weighted by molar-refractivity contribution is 5.97. The van der Waals surface area contributed by atoms with Crippen LogP contribution in [0.15, 0.2) is 24.3 Å². The fourth-order valence-electron chi connectivity index (χ4n) is 5.15. The number of ketones is 1. The molecule has 1 aromatic carbocycles. The van der Waals surface area contributed by atoms with Crippen LogP contribution in [-0.2, 0) is 17.6 Å². The van der Waals surface area contributed by atoms with Crippen molar-refractivity contribution in [3.63, 3.8) is 0 Å². The Labute approximate surface area is 220 Å². The van der Waals surface area contributed by atoms with Gasteiger partial charge in [0.2, 0.25) is 0 Å². The summed E-state index contributed by atoms with van der Waals surface area (Å²) in [5, 5.41) is 3.02. The van der Waals surface area contributed by atoms with E-state index >= 15 is 4.39 Å². The number of ether oxygens (including phenoxy) is 2. The lowest BCUT2D eigenvalue weighted by Gasteiger charge is -2.28. The van der Waals surface area contributed by atoms with Crippen LogP contribution in [0, 0.1) is 11.7 Å². The summed E-state index contributed by atoms with van der Waals surface area (Å²) in [5.41, 5.74) is 0.827. The second kappa shape index (κ2) is 11.8. The molecule has 1 fully saturated rings. The predicted octanol–water partition coefficient (Wildman–Crippen LogP) is 5.29. The molecule has 0 saturated carbocycles. The smallest absolute Gasteiger partial charge is 0.416 e. The lowest BCUT2D eigenvalue weighted by Crippen LogP contribution is -2.31. The van der Waals surface area contributed by atoms with Crippen LogP contribution >= 0.6 is 0 Å². The van der Waals surface area contributed by atoms with E-state index in [4.69, 9.17) is 9.47 Å². The van der Waals surface area contributed by atoms with Crippen molar-refractivity contribution in [1.29, 1.82) is 0 Å². The van der Waals surface area contributed by atoms with E-state index in [1.165, 1.54) is 26.4 Å². The maximum atomic E-state index is 15.2. The Bertz CT molecular complexity index is 1200. The Hall–Kier alpha value is -2.98. The van der Waals surface area contributed by atoms with E-state index in [2.05, 4.69) is 15.2 Å². The van der Waals surface area contributed by atoms with Gasteiger partial charge in [0.1, 0.15) is 11.6 Å². The average Bonchev–Trinajstić information content (AvgIpc) is 3.31. The number of hydrogen-bond acceptors (Lipinski definition) is 6. The molecule has 0 amide bonds. The van der Waals surface area contributed by atoms with Gasteiger partial charge in [0.15, 0.2) is 5.78 Å². The average molecular weight is 536 g/mol. The number of Topliss-reactive ketones (excluding diaryl/α,β-unsaturated/α-hetero) is 1. The van der Waals surface area contributed by atoms with Gasteiger partial charge in [0, 0.05) is 55.4 Å². The molecule has 6 nitrogen and oxygen atoms in total. The first kappa shape index (κ1) is 28.0. The third kappa shape index (κ3) is 6.35. The molecule has 0 unspecified atom stereocenters. The molecule has 2 aromatic rings. The standard InChI is InChI=1S/C28H33F4N3O3/c1-35-9-6-17(7-10-35)12-25(36)20-16-26(38-3)18(14-22(20)29)13-19-15-24(33-8-11-37-2)27-21(28(30,31)32)4-5-23(27)34-19/h4,14-17H,5-13H2,1-3H3,(H,33,34). The molecule has 38 heavy (non-hydrogen) atoms. The molecule has 4 rings (SSSR count). The van der Waals surface area contributed by atoms with Gasteiger partial charge >= 0.3 is 6.18 Å². The van der Waals surface area contributed by atoms with E-state index in [0.717, 1.165) is 32.0 Å². The number of aromatic nitrogens is 1. The van der Waals surface area contributed by atoms with Gasteiger partial charge in [-0.15, -0.1) is 0 Å². The SMILES string of the molecule is COCCNc1cc(Cc2cc(F)c(C(=O)CC3CCN(C)CC3)cc2OC)nc2c1C(C(F)(F)F)=CC2. The summed E-state index contributed by atoms with van der Waals surface area (Å²) in [6.07, 6.45) is -1.12. The van der Waals surface area contributed by atoms with Gasteiger partial charge < -0.3 is 19.7 Å². The topological polar surface area (TPSA) is 63.7 Å². The van der Waals surface area contributed by atoms with Crippen LogP contribution in [0.2, 0.25) is 0 Å². The first-order chi connectivity index (χ1) is 18.1. The molecule has 0 spiro atoms. The van der Waals surface area contributed by atoms with E-state index in [1.807, 2.05) is 7.05 Å². The zero-order valence-corrected chi connectivity index (χ0v) is 21.9. The van der Waals surface area contributed by atoms with Crippen LogP contribution in [0.5, 0.6) is 5.75 Å². The summed E-state index contributed by atoms with van der Waals surface area (Å²) in [6, 6.07) is 4.25. The Morgan fingerprint density at radius 2 is 1.92 bits per heavy atom. The Balaban J connectivity index is 1.59. The Kier molecular flexibility index (Phi) is 8.72. The highest BCUT2D eigenvalue weighted by atomic mass is 19.4. The molecule has 206 valence electrons. The fraction of sp³-hybridized carbons (Fsp3) is 0.500. The number of halogens is 4. The lowest BCUT2D eigenvalue weighted by atomic mass is 9.89. The minimum Gasteiger partial charge on any atom is -0.496 e. The van der Waals surface area contributed by atoms with Gasteiger partial charge in [0.05, 0.1) is 30.5 Å². The second-order valence-electron chi connectivity index (χ2n) is 9.92. The molecule has 0 atom stereocenters. The predicted molar refractivity (Wildman–Crippen MR) is 137 cm³/mol. The summed E-state index contributed by atoms with van der Waals surface area (Å²) < 4.78 is 66.6. The molecule has 1 aromatic heterocycles. The zero-order valence-electron chi connectivity index (χ0n) is 21.9. The number of nitrogens with zero attached hydrogens (tertiary/aromatic N) is 2. The number of anilines is 1. The molecule has 1 aliphatic carbocycles. The molecule has 0 bridgehead atoms. The largest absolute Gasteiger partial charge is 0.496 e. The number of nitrogens with one attached hydrogen (secondary N) is 1. The van der Waals surface area contributed by atoms with Crippen LogP contribution in [0.1, 0.15) is 52.1 Å². The molecule has 1 N–H and O–H groups in total. The van der Waals surface area contributed by atoms with Crippen molar-refractivity contribution in [1.82, 2.24) is 9.88 Å². The van der Waals surface area contributed by atoms with Gasteiger partial charge in [-0.1, -0.05) is 6.08 Å². The van der Waals surface area contributed by atoms with E-state index in [9.17, 15) is 18.0 Å². The van der Waals surface area contributed by atoms with Crippen molar-refractivity contribution in [2.75, 3.05) is 52.8 Å². The molecule has 10 heteroatoms. The summed E-state index contributed by atoms with van der Waals surface area (Å²) in [4.78, 5) is 19.6. The highest BCUT2D eigenvalue weighted by Crippen LogP contribution is 2.43. The van der Waals surface area contributed by atoms with Crippen molar-refractivity contribution in [2.45, 2.75) is 38.3 Å². The Morgan fingerprint density at radius 1 is 1.18 bits per heavy atom. The van der Waals surface area contributed by atoms with E-state index < -0.39 is 17.6 Å². The summed E-state index contributed by atoms with van der Waals surface area (Å²) in [6.45, 7) is 2.45. The van der Waals surface area contributed by atoms with Crippen LogP contribution in [0.4, 0.5) is 23.2 Å². The Morgan fingerprint density at radius 3 is 2.58 bits per heavy atom. The third-order valence-electron chi connectivity index (χ3n) is 7.20. The quantitative estimate of drug-likeness (QED) is 0.253. The maximum absolute atomic E-state index is 15.2. The first-order valence-corrected chi connectivity index (χ1v) is 12.7. The normalized spacial score (nSPS) is 16.3. The van der Waals surface area contributed by atoms with E-state index in [1.54, 1.807) is 6.07 Å². The van der Waals surface area contributed by atoms with Crippen molar-refractivity contribution in [3.05, 3.63) is 58.2 Å². The molecule has 2 aliphatic rings. The van der Waals surface area contributed by atoms with Crippen LogP contribution in [-0.4, -0.2) is 69.4 Å². The van der Waals surface area contributed by atoms with Crippen LogP contribution < -0.4 is 10.1 Å². The number of allylic oxidation sites excluding steroid dienone is 2.